The van der Waals surface area contributed by atoms with Gasteiger partial charge in [-0.1, -0.05) is 58.6 Å². The minimum Gasteiger partial charge on any atom is -0.494 e. The summed E-state index contributed by atoms with van der Waals surface area (Å²) in [6.45, 7) is 3.28. The number of anilines is 2. The third kappa shape index (κ3) is 6.59. The maximum absolute atomic E-state index is 13.1. The third-order valence-corrected chi connectivity index (χ3v) is 9.12. The lowest BCUT2D eigenvalue weighted by molar-refractivity contribution is 0.0977. The highest BCUT2D eigenvalue weighted by Gasteiger charge is 2.30. The van der Waals surface area contributed by atoms with Crippen LogP contribution in [0.5, 0.6) is 5.75 Å². The predicted octanol–water partition coefficient (Wildman–Crippen LogP) is 5.60. The molecule has 8 nitrogen and oxygen atoms in total. The Kier molecular flexibility index (Phi) is 9.25. The van der Waals surface area contributed by atoms with E-state index in [1.807, 2.05) is 11.8 Å². The van der Waals surface area contributed by atoms with E-state index >= 15 is 0 Å². The lowest BCUT2D eigenvalue weighted by Crippen LogP contribution is -2.49. The van der Waals surface area contributed by atoms with Crippen molar-refractivity contribution in [3.8, 4) is 5.75 Å². The van der Waals surface area contributed by atoms with Crippen LogP contribution in [0.25, 0.3) is 0 Å². The fourth-order valence-electron chi connectivity index (χ4n) is 4.16. The number of ether oxygens (including phenoxy) is 1. The molecule has 39 heavy (non-hydrogen) atoms. The molecule has 0 saturated carbocycles. The molecule has 3 aromatic carbocycles. The first kappa shape index (κ1) is 29.4. The summed E-state index contributed by atoms with van der Waals surface area (Å²) in [5, 5.41) is 6.50. The zero-order valence-electron chi connectivity index (χ0n) is 21.0. The van der Waals surface area contributed by atoms with Crippen LogP contribution in [-0.4, -0.2) is 57.0 Å². The Morgan fingerprint density at radius 2 is 1.56 bits per heavy atom. The molecule has 0 aliphatic carbocycles. The number of rotatable bonds is 6. The first-order valence-electron chi connectivity index (χ1n) is 11.8. The number of aryl methyl sites for hydroxylation is 1. The first-order chi connectivity index (χ1) is 18.5. The predicted molar refractivity (Wildman–Crippen MR) is 160 cm³/mol. The molecule has 0 aromatic heterocycles. The van der Waals surface area contributed by atoms with Gasteiger partial charge >= 0.3 is 0 Å². The van der Waals surface area contributed by atoms with Gasteiger partial charge < -0.3 is 15.0 Å². The van der Waals surface area contributed by atoms with E-state index < -0.39 is 15.9 Å². The first-order valence-corrected chi connectivity index (χ1v) is 14.7. The molecule has 1 heterocycles. The van der Waals surface area contributed by atoms with Gasteiger partial charge in [0, 0.05) is 31.7 Å². The van der Waals surface area contributed by atoms with Crippen LogP contribution in [0.1, 0.15) is 15.9 Å². The number of piperazine rings is 1. The van der Waals surface area contributed by atoms with Crippen molar-refractivity contribution in [2.75, 3.05) is 43.5 Å². The highest BCUT2D eigenvalue weighted by atomic mass is 35.5. The third-order valence-electron chi connectivity index (χ3n) is 6.14. The summed E-state index contributed by atoms with van der Waals surface area (Å²) in [6, 6.07) is 14.9. The van der Waals surface area contributed by atoms with E-state index in [0.717, 1.165) is 5.56 Å². The number of nitrogens with one attached hydrogen (secondary N) is 2. The van der Waals surface area contributed by atoms with Crippen LogP contribution in [0, 0.1) is 6.92 Å². The van der Waals surface area contributed by atoms with Crippen molar-refractivity contribution in [1.29, 1.82) is 0 Å². The number of para-hydroxylation sites is 1. The van der Waals surface area contributed by atoms with E-state index in [2.05, 4.69) is 10.6 Å². The number of nitrogens with zero attached hydrogens (tertiary/aromatic N) is 2. The van der Waals surface area contributed by atoms with E-state index in [1.54, 1.807) is 42.5 Å². The van der Waals surface area contributed by atoms with Gasteiger partial charge in [0.05, 0.1) is 38.4 Å². The molecule has 0 bridgehead atoms. The van der Waals surface area contributed by atoms with Crippen molar-refractivity contribution in [2.45, 2.75) is 11.8 Å². The van der Waals surface area contributed by atoms with E-state index in [4.69, 9.17) is 51.8 Å². The lowest BCUT2D eigenvalue weighted by atomic mass is 10.2. The minimum absolute atomic E-state index is 0.0344. The smallest absolute Gasteiger partial charge is 0.257 e. The molecule has 0 unspecified atom stereocenters. The van der Waals surface area contributed by atoms with Crippen molar-refractivity contribution in [3.05, 3.63) is 80.8 Å². The maximum Gasteiger partial charge on any atom is 0.257 e. The van der Waals surface area contributed by atoms with E-state index in [1.165, 1.54) is 23.5 Å². The summed E-state index contributed by atoms with van der Waals surface area (Å²) in [6.07, 6.45) is 0. The number of thiocarbonyl (C=S) groups is 1. The summed E-state index contributed by atoms with van der Waals surface area (Å²) in [5.74, 6) is -0.247. The molecule has 2 N–H and O–H groups in total. The van der Waals surface area contributed by atoms with Gasteiger partial charge in [0.1, 0.15) is 0 Å². The average Bonchev–Trinajstić information content (AvgIpc) is 2.89. The second-order valence-corrected chi connectivity index (χ2v) is 12.3. The summed E-state index contributed by atoms with van der Waals surface area (Å²) in [4.78, 5) is 15.0. The number of halogens is 3. The summed E-state index contributed by atoms with van der Waals surface area (Å²) >= 11 is 24.2. The van der Waals surface area contributed by atoms with Gasteiger partial charge in [-0.2, -0.15) is 4.31 Å². The van der Waals surface area contributed by atoms with Crippen LogP contribution in [0.15, 0.2) is 59.5 Å². The minimum atomic E-state index is -3.61. The van der Waals surface area contributed by atoms with Crippen LogP contribution in [0.3, 0.4) is 0 Å². The number of carbonyl (C=O) groups is 1. The van der Waals surface area contributed by atoms with Gasteiger partial charge in [0.2, 0.25) is 10.0 Å². The number of carbonyl (C=O) groups excluding carboxylic acids is 1. The highest BCUT2D eigenvalue weighted by Crippen LogP contribution is 2.36. The fourth-order valence-corrected chi connectivity index (χ4v) is 6.72. The molecule has 0 radical (unpaired) electrons. The van der Waals surface area contributed by atoms with E-state index in [0.29, 0.717) is 29.5 Å². The number of amides is 1. The lowest BCUT2D eigenvalue weighted by Gasteiger charge is -2.36. The normalized spacial score (nSPS) is 14.1. The molecule has 1 fully saturated rings. The molecule has 13 heteroatoms. The van der Waals surface area contributed by atoms with Gasteiger partial charge in [-0.25, -0.2) is 8.42 Å². The van der Waals surface area contributed by atoms with E-state index in [9.17, 15) is 13.2 Å². The van der Waals surface area contributed by atoms with Gasteiger partial charge in [0.25, 0.3) is 5.91 Å². The summed E-state index contributed by atoms with van der Waals surface area (Å²) in [5.41, 5.74) is 2.41. The number of benzene rings is 3. The van der Waals surface area contributed by atoms with Gasteiger partial charge in [-0.15, -0.1) is 0 Å². The van der Waals surface area contributed by atoms with Crippen LogP contribution in [0.2, 0.25) is 15.1 Å². The van der Waals surface area contributed by atoms with Crippen LogP contribution >= 0.6 is 47.0 Å². The monoisotopic (exact) mass is 626 g/mol. The van der Waals surface area contributed by atoms with Crippen molar-refractivity contribution in [2.24, 2.45) is 0 Å². The van der Waals surface area contributed by atoms with Gasteiger partial charge in [-0.3, -0.25) is 10.1 Å². The molecule has 4 rings (SSSR count). The Morgan fingerprint density at radius 3 is 2.15 bits per heavy atom. The highest BCUT2D eigenvalue weighted by molar-refractivity contribution is 7.89. The second-order valence-electron chi connectivity index (χ2n) is 8.72. The fraction of sp³-hybridized carbons (Fsp3) is 0.231. The molecule has 1 saturated heterocycles. The SMILES string of the molecule is COc1c(Cl)cc(C(=O)NC(=S)Nc2cccc(Cl)c2N2CCN(S(=O)(=O)c3ccc(C)cc3)CC2)cc1Cl. The molecule has 0 atom stereocenters. The summed E-state index contributed by atoms with van der Waals surface area (Å²) in [7, 11) is -2.18. The molecule has 1 aliphatic heterocycles. The van der Waals surface area contributed by atoms with Crippen molar-refractivity contribution >= 4 is 79.4 Å². The standard InChI is InChI=1S/C26H25Cl3N4O4S2/c1-16-6-8-18(9-7-16)39(35,36)33-12-10-32(11-13-33)23-19(27)4-3-5-22(23)30-26(38)31-25(34)17-14-20(28)24(37-2)21(29)15-17/h3-9,14-15H,10-13H2,1-2H3,(H2,30,31,34,38). The number of methoxy groups -OCH3 is 1. The molecule has 3 aromatic rings. The number of hydrogen-bond acceptors (Lipinski definition) is 6. The van der Waals surface area contributed by atoms with E-state index in [-0.39, 0.29) is 44.5 Å². The van der Waals surface area contributed by atoms with Crippen molar-refractivity contribution in [3.63, 3.8) is 0 Å². The molecular weight excluding hydrogens is 603 g/mol. The second kappa shape index (κ2) is 12.3. The average molecular weight is 628 g/mol. The van der Waals surface area contributed by atoms with Crippen LogP contribution < -0.4 is 20.3 Å². The summed E-state index contributed by atoms with van der Waals surface area (Å²) < 4.78 is 32.8. The zero-order valence-corrected chi connectivity index (χ0v) is 24.9. The topological polar surface area (TPSA) is 91.0 Å². The number of hydrogen-bond donors (Lipinski definition) is 2. The van der Waals surface area contributed by atoms with Crippen molar-refractivity contribution in [1.82, 2.24) is 9.62 Å². The zero-order chi connectivity index (χ0) is 28.3. The Hall–Kier alpha value is -2.60. The quantitative estimate of drug-likeness (QED) is 0.344. The largest absolute Gasteiger partial charge is 0.494 e. The van der Waals surface area contributed by atoms with Crippen LogP contribution in [0.4, 0.5) is 11.4 Å². The Bertz CT molecular complexity index is 1490. The Labute approximate surface area is 247 Å². The Morgan fingerprint density at radius 1 is 0.949 bits per heavy atom. The molecular formula is C26H25Cl3N4O4S2. The van der Waals surface area contributed by atoms with Crippen molar-refractivity contribution < 1.29 is 17.9 Å². The van der Waals surface area contributed by atoms with Crippen LogP contribution in [-0.2, 0) is 10.0 Å². The molecule has 0 spiro atoms. The van der Waals surface area contributed by atoms with Gasteiger partial charge in [-0.05, 0) is 55.5 Å². The molecule has 206 valence electrons. The maximum atomic E-state index is 13.1. The number of sulfonamides is 1. The molecule has 1 amide bonds. The Balaban J connectivity index is 1.45. The molecule has 1 aliphatic rings. The van der Waals surface area contributed by atoms with Gasteiger partial charge in [0.15, 0.2) is 10.9 Å².